The third-order valence-electron chi connectivity index (χ3n) is 20.1. The summed E-state index contributed by atoms with van der Waals surface area (Å²) in [6.07, 6.45) is 28.5. The highest BCUT2D eigenvalue weighted by atomic mass is 14.5. The van der Waals surface area contributed by atoms with Crippen molar-refractivity contribution < 1.29 is 0 Å². The van der Waals surface area contributed by atoms with E-state index in [1.54, 1.807) is 0 Å². The fraction of sp³-hybridized carbons (Fsp3) is 0.256. The molecule has 424 valence electrons. The van der Waals surface area contributed by atoms with Gasteiger partial charge in [0.2, 0.25) is 0 Å². The standard InChI is InChI=1S/C86H80/c1-83(2,3)57-43-55(44-58(49-57)84(4,5)6)73-65-37-25-26-38-66(65)74(56-45-59(85(7,8)9)50-60(46-56)86(10,11)12)80-68-40-42-70-78-69(41-39-67(77(68)78)79(73)80)81-75(63-35-23-21-33-61(63)51-27-15-13-16-28-51)71-47-53-31-19-20-32-54(53)48-72(71)76(82(70)81)64-36-24-22-34-62(64)52-29-17-14-18-30-52/h13-15,17,19-27,29,31-50,77-78H,16,18,28,30H2,1-12H3. The topological polar surface area (TPSA) is 0 Å². The highest BCUT2D eigenvalue weighted by molar-refractivity contribution is 6.25. The Hall–Kier alpha value is -8.32. The second kappa shape index (κ2) is 19.6. The van der Waals surface area contributed by atoms with Crippen LogP contribution in [0.3, 0.4) is 0 Å². The first-order valence-corrected chi connectivity index (χ1v) is 31.9. The van der Waals surface area contributed by atoms with Crippen molar-refractivity contribution in [3.05, 3.63) is 262 Å². The molecule has 0 bridgehead atoms. The van der Waals surface area contributed by atoms with Crippen molar-refractivity contribution in [1.82, 2.24) is 0 Å². The predicted octanol–water partition coefficient (Wildman–Crippen LogP) is 24.0. The van der Waals surface area contributed by atoms with E-state index in [-0.39, 0.29) is 33.5 Å². The smallest absolute Gasteiger partial charge is 0.0212 e. The fourth-order valence-electron chi connectivity index (χ4n) is 15.6. The molecule has 0 saturated heterocycles. The molecule has 0 unspecified atom stereocenters. The average molecular weight is 1110 g/mol. The molecule has 0 atom stereocenters. The zero-order chi connectivity index (χ0) is 59.3. The number of fused-ring (bicyclic) bond motifs is 9. The van der Waals surface area contributed by atoms with Crippen molar-refractivity contribution in [3.63, 3.8) is 0 Å². The zero-order valence-electron chi connectivity index (χ0n) is 52.6. The largest absolute Gasteiger partial charge is 0.0842 e. The molecule has 0 aliphatic heterocycles. The van der Waals surface area contributed by atoms with Crippen LogP contribution in [0, 0.1) is 11.8 Å². The summed E-state index contributed by atoms with van der Waals surface area (Å²) in [6, 6.07) is 57.7. The molecule has 15 rings (SSSR count). The van der Waals surface area contributed by atoms with Gasteiger partial charge in [-0.3, -0.25) is 0 Å². The first-order chi connectivity index (χ1) is 41.2. The van der Waals surface area contributed by atoms with E-state index in [9.17, 15) is 0 Å². The molecule has 0 heteroatoms. The van der Waals surface area contributed by atoms with Crippen LogP contribution in [0.2, 0.25) is 0 Å². The predicted molar refractivity (Wildman–Crippen MR) is 374 cm³/mol. The number of hydrogen-bond acceptors (Lipinski definition) is 0. The molecular weight excluding hydrogens is 1030 g/mol. The molecule has 9 aromatic carbocycles. The van der Waals surface area contributed by atoms with Gasteiger partial charge in [0.05, 0.1) is 0 Å². The first kappa shape index (κ1) is 54.3. The molecule has 0 radical (unpaired) electrons. The van der Waals surface area contributed by atoms with Crippen LogP contribution in [-0.2, 0) is 21.7 Å². The molecule has 0 N–H and O–H groups in total. The van der Waals surface area contributed by atoms with Gasteiger partial charge in [0.25, 0.3) is 0 Å². The highest BCUT2D eigenvalue weighted by Crippen LogP contribution is 2.69. The van der Waals surface area contributed by atoms with Gasteiger partial charge in [-0.05, 0) is 225 Å². The summed E-state index contributed by atoms with van der Waals surface area (Å²) in [4.78, 5) is 0. The summed E-state index contributed by atoms with van der Waals surface area (Å²) in [7, 11) is 0. The van der Waals surface area contributed by atoms with Gasteiger partial charge in [-0.25, -0.2) is 0 Å². The molecule has 0 spiro atoms. The Labute approximate surface area is 511 Å². The lowest BCUT2D eigenvalue weighted by Crippen LogP contribution is -2.18. The first-order valence-electron chi connectivity index (χ1n) is 31.9. The van der Waals surface area contributed by atoms with Crippen LogP contribution >= 0.6 is 0 Å². The van der Waals surface area contributed by atoms with E-state index in [4.69, 9.17) is 0 Å². The van der Waals surface area contributed by atoms with E-state index in [0.717, 1.165) is 25.7 Å². The third kappa shape index (κ3) is 8.59. The normalized spacial score (nSPS) is 17.9. The zero-order valence-corrected chi connectivity index (χ0v) is 52.6. The van der Waals surface area contributed by atoms with E-state index in [0.29, 0.717) is 0 Å². The van der Waals surface area contributed by atoms with Gasteiger partial charge in [0.15, 0.2) is 0 Å². The maximum Gasteiger partial charge on any atom is 0.0212 e. The minimum absolute atomic E-state index is 0.0606. The van der Waals surface area contributed by atoms with E-state index in [1.165, 1.54) is 166 Å². The van der Waals surface area contributed by atoms with Crippen molar-refractivity contribution in [2.45, 2.75) is 130 Å². The highest BCUT2D eigenvalue weighted by Gasteiger charge is 2.51. The molecule has 9 aromatic rings. The Bertz CT molecular complexity index is 4340. The molecule has 86 heavy (non-hydrogen) atoms. The van der Waals surface area contributed by atoms with Crippen LogP contribution < -0.4 is 0 Å². The quantitative estimate of drug-likeness (QED) is 0.146. The van der Waals surface area contributed by atoms with Crippen LogP contribution in [0.4, 0.5) is 0 Å². The maximum absolute atomic E-state index is 2.61. The van der Waals surface area contributed by atoms with Crippen LogP contribution in [0.5, 0.6) is 0 Å². The summed E-state index contributed by atoms with van der Waals surface area (Å²) < 4.78 is 0. The molecule has 0 amide bonds. The van der Waals surface area contributed by atoms with E-state index in [1.807, 2.05) is 0 Å². The van der Waals surface area contributed by atoms with Gasteiger partial charge >= 0.3 is 0 Å². The third-order valence-corrected chi connectivity index (χ3v) is 20.1. The monoisotopic (exact) mass is 1110 g/mol. The second-order valence-corrected chi connectivity index (χ2v) is 29.7. The van der Waals surface area contributed by atoms with E-state index < -0.39 is 0 Å². The van der Waals surface area contributed by atoms with Gasteiger partial charge in [-0.1, -0.05) is 277 Å². The Balaban J connectivity index is 1.11. The fourth-order valence-corrected chi connectivity index (χ4v) is 15.6. The Morgan fingerprint density at radius 1 is 0.291 bits per heavy atom. The van der Waals surface area contributed by atoms with Gasteiger partial charge in [-0.15, -0.1) is 0 Å². The molecule has 6 aliphatic carbocycles. The van der Waals surface area contributed by atoms with E-state index in [2.05, 4.69) is 289 Å². The van der Waals surface area contributed by atoms with Crippen LogP contribution in [0.25, 0.3) is 110 Å². The summed E-state index contributed by atoms with van der Waals surface area (Å²) in [6.45, 7) is 28.6. The maximum atomic E-state index is 2.61. The Morgan fingerprint density at radius 2 is 0.605 bits per heavy atom. The van der Waals surface area contributed by atoms with Crippen LogP contribution in [0.15, 0.2) is 206 Å². The lowest BCUT2D eigenvalue weighted by atomic mass is 9.71. The van der Waals surface area contributed by atoms with Crippen molar-refractivity contribution in [1.29, 1.82) is 0 Å². The lowest BCUT2D eigenvalue weighted by Gasteiger charge is -2.31. The summed E-state index contributed by atoms with van der Waals surface area (Å²) in [5.74, 6) is 0.160. The van der Waals surface area contributed by atoms with Crippen LogP contribution in [0.1, 0.15) is 164 Å². The SMILES string of the molecule is CC(C)(C)c1cc(-c2c3c(c(-c4cc(C(C)(C)C)cc(C(C)(C)C)c4)c4ccccc24)C2=CC=C4c5c(c(-c6ccccc6C6=CC=CCC6)c6cc7ccccc7cc6c5-c5ccccc5C5=CC=CCC5)C5=CC=C3C2C54)cc(C(C)(C)C)c1. The number of hydrogen-bond donors (Lipinski definition) is 0. The number of rotatable bonds is 6. The molecule has 0 aromatic heterocycles. The van der Waals surface area contributed by atoms with Crippen molar-refractivity contribution in [3.8, 4) is 44.5 Å². The van der Waals surface area contributed by atoms with Gasteiger partial charge in [0, 0.05) is 11.8 Å². The minimum Gasteiger partial charge on any atom is -0.0842 e. The van der Waals surface area contributed by atoms with Gasteiger partial charge < -0.3 is 0 Å². The Morgan fingerprint density at radius 3 is 0.930 bits per heavy atom. The minimum atomic E-state index is -0.0606. The lowest BCUT2D eigenvalue weighted by molar-refractivity contribution is 0.568. The van der Waals surface area contributed by atoms with Crippen molar-refractivity contribution >= 4 is 65.8 Å². The number of allylic oxidation sites excluding steroid dienone is 16. The van der Waals surface area contributed by atoms with Gasteiger partial charge in [0.1, 0.15) is 0 Å². The van der Waals surface area contributed by atoms with Crippen molar-refractivity contribution in [2.24, 2.45) is 11.8 Å². The summed E-state index contributed by atoms with van der Waals surface area (Å²) >= 11 is 0. The molecule has 0 saturated carbocycles. The summed E-state index contributed by atoms with van der Waals surface area (Å²) in [5, 5.41) is 7.81. The average Bonchev–Trinajstić information content (AvgIpc) is 1.50. The molecule has 0 heterocycles. The molecule has 0 nitrogen and oxygen atoms in total. The Kier molecular flexibility index (Phi) is 12.4. The molecule has 0 fully saturated rings. The molecular formula is C86H80. The second-order valence-electron chi connectivity index (χ2n) is 29.7. The molecule has 6 aliphatic rings. The summed E-state index contributed by atoms with van der Waals surface area (Å²) in [5.41, 5.74) is 32.8. The van der Waals surface area contributed by atoms with Gasteiger partial charge in [-0.2, -0.15) is 0 Å². The van der Waals surface area contributed by atoms with E-state index >= 15 is 0 Å². The number of benzene rings is 9. The van der Waals surface area contributed by atoms with Crippen LogP contribution in [-0.4, -0.2) is 0 Å². The van der Waals surface area contributed by atoms with Crippen molar-refractivity contribution in [2.75, 3.05) is 0 Å².